The molecule has 1 aliphatic rings. The van der Waals surface area contributed by atoms with Gasteiger partial charge in [0.25, 0.3) is 5.91 Å². The van der Waals surface area contributed by atoms with Gasteiger partial charge in [-0.05, 0) is 87.7 Å². The number of aryl methyl sites for hydroxylation is 3. The summed E-state index contributed by atoms with van der Waals surface area (Å²) in [5.41, 5.74) is 1.00. The standard InChI is InChI=1S/C55H84N14O13S/c1-8-42(63-53(77)43(9-2)62-47(71)34-68-22-20-65(6)19-21-67(10-3)23-24-69(26-25-68)35-48(72)73)52(76)57-16-15-56-46(70)12-11-27-82-39-28-36(4)50(37(5)29-39)83(80,81)64-44(54(78)79)32-60-51(75)41-33-66(7)45-30-38(13-14-40(45)49(41)74)31-61-55-58-17-18-59-55/h13-14,17-18,28-30,33,42-44,48,64,72-73H,8-12,15-16,19-27,31-32,34-35H2,1-7H3,(H,56,70)(H,57,76)(H,60,75)(H,62,71)(H,63,77)(H,78,79)(H2,58,59,61). The molecule has 0 saturated carbocycles. The molecule has 3 unspecified atom stereocenters. The number of nitrogens with zero attached hydrogens (tertiary/aromatic N) is 6. The molecule has 27 nitrogen and oxygen atoms in total. The largest absolute Gasteiger partial charge is 0.494 e. The lowest BCUT2D eigenvalue weighted by atomic mass is 10.1. The summed E-state index contributed by atoms with van der Waals surface area (Å²) in [6.07, 6.45) is 4.00. The van der Waals surface area contributed by atoms with Gasteiger partial charge in [0.2, 0.25) is 39.1 Å². The van der Waals surface area contributed by atoms with E-state index < -0.39 is 70.1 Å². The molecule has 0 aliphatic carbocycles. The molecule has 28 heteroatoms. The SMILES string of the molecule is CCC(NC(=O)CN1CCN(C)CCN(CC)CCN(CC(O)O)CC1)C(=O)NC(CC)C(=O)NCCNC(=O)CCCOc1cc(C)c(S(=O)(=O)NC(CNC(=O)c2cn(C)c3cc(CNc4ncc[nH]4)ccc3c2=O)C(=O)O)c(C)c1. The molecule has 4 aromatic rings. The first-order valence-electron chi connectivity index (χ1n) is 28.0. The van der Waals surface area contributed by atoms with Gasteiger partial charge < -0.3 is 71.3 Å². The van der Waals surface area contributed by atoms with Gasteiger partial charge in [-0.2, -0.15) is 4.72 Å². The van der Waals surface area contributed by atoms with Crippen LogP contribution in [0.2, 0.25) is 0 Å². The number of fused-ring (bicyclic) bond motifs is 1. The van der Waals surface area contributed by atoms with Crippen LogP contribution in [-0.4, -0.2) is 223 Å². The number of aliphatic hydroxyl groups is 2. The number of likely N-dealkylation sites (N-methyl/N-ethyl adjacent to an activating group) is 2. The van der Waals surface area contributed by atoms with E-state index in [9.17, 15) is 57.3 Å². The van der Waals surface area contributed by atoms with Gasteiger partial charge in [-0.1, -0.05) is 26.8 Å². The number of hydrogen-bond acceptors (Lipinski definition) is 18. The van der Waals surface area contributed by atoms with Crippen molar-refractivity contribution in [3.8, 4) is 5.75 Å². The van der Waals surface area contributed by atoms with Crippen LogP contribution in [0.4, 0.5) is 5.95 Å². The highest BCUT2D eigenvalue weighted by atomic mass is 32.2. The predicted octanol–water partition coefficient (Wildman–Crippen LogP) is -0.985. The van der Waals surface area contributed by atoms with Crippen molar-refractivity contribution in [2.45, 2.75) is 96.2 Å². The van der Waals surface area contributed by atoms with E-state index in [-0.39, 0.29) is 97.3 Å². The number of carboxylic acid groups (broad SMARTS) is 1. The second-order valence-corrected chi connectivity index (χ2v) is 22.3. The fourth-order valence-electron chi connectivity index (χ4n) is 9.45. The van der Waals surface area contributed by atoms with Crippen molar-refractivity contribution >= 4 is 62.4 Å². The Morgan fingerprint density at radius 3 is 2.06 bits per heavy atom. The van der Waals surface area contributed by atoms with E-state index in [1.807, 2.05) is 16.8 Å². The summed E-state index contributed by atoms with van der Waals surface area (Å²) >= 11 is 0. The smallest absolute Gasteiger partial charge is 0.323 e. The minimum atomic E-state index is -4.49. The summed E-state index contributed by atoms with van der Waals surface area (Å²) in [7, 11) is -0.803. The van der Waals surface area contributed by atoms with Crippen LogP contribution in [-0.2, 0) is 47.6 Å². The summed E-state index contributed by atoms with van der Waals surface area (Å²) in [5.74, 6) is -3.23. The number of aromatic nitrogens is 3. The number of anilines is 1. The highest BCUT2D eigenvalue weighted by Gasteiger charge is 2.30. The number of amides is 5. The number of aliphatic hydroxyl groups excluding tert-OH is 1. The van der Waals surface area contributed by atoms with Crippen molar-refractivity contribution < 1.29 is 57.2 Å². The summed E-state index contributed by atoms with van der Waals surface area (Å²) in [4.78, 5) is 107. The molecule has 83 heavy (non-hydrogen) atoms. The molecule has 0 spiro atoms. The van der Waals surface area contributed by atoms with Crippen LogP contribution < -0.4 is 46.8 Å². The number of carbonyl (C=O) groups excluding carboxylic acids is 5. The van der Waals surface area contributed by atoms with Crippen molar-refractivity contribution in [2.24, 2.45) is 7.05 Å². The predicted molar refractivity (Wildman–Crippen MR) is 311 cm³/mol. The first kappa shape index (κ1) is 66.7. The van der Waals surface area contributed by atoms with Crippen LogP contribution in [0.1, 0.15) is 73.5 Å². The number of carboxylic acids is 1. The fraction of sp³-hybridized carbons (Fsp3) is 0.564. The maximum Gasteiger partial charge on any atom is 0.323 e. The Kier molecular flexibility index (Phi) is 26.3. The van der Waals surface area contributed by atoms with Crippen LogP contribution in [0.25, 0.3) is 10.9 Å². The first-order valence-corrected chi connectivity index (χ1v) is 29.5. The molecule has 3 atom stereocenters. The Bertz CT molecular complexity index is 2970. The van der Waals surface area contributed by atoms with Crippen LogP contribution in [0.15, 0.2) is 58.6 Å². The lowest BCUT2D eigenvalue weighted by molar-refractivity contribution is -0.138. The van der Waals surface area contributed by atoms with Crippen molar-refractivity contribution in [1.29, 1.82) is 0 Å². The molecule has 0 bridgehead atoms. The zero-order valence-corrected chi connectivity index (χ0v) is 49.4. The average molecular weight is 1180 g/mol. The minimum absolute atomic E-state index is 0.0226. The number of aliphatic carboxylic acids is 1. The lowest BCUT2D eigenvalue weighted by Crippen LogP contribution is -2.55. The normalized spacial score (nSPS) is 15.5. The van der Waals surface area contributed by atoms with Gasteiger partial charge in [0, 0.05) is 123 Å². The van der Waals surface area contributed by atoms with E-state index in [4.69, 9.17) is 4.74 Å². The maximum absolute atomic E-state index is 13.7. The monoisotopic (exact) mass is 1180 g/mol. The maximum atomic E-state index is 13.7. The molecule has 1 saturated heterocycles. The van der Waals surface area contributed by atoms with E-state index >= 15 is 0 Å². The number of benzene rings is 2. The van der Waals surface area contributed by atoms with E-state index in [0.717, 1.165) is 31.7 Å². The molecule has 1 aliphatic heterocycles. The molecule has 5 amide bonds. The molecular weight excluding hydrogens is 1100 g/mol. The Morgan fingerprint density at radius 2 is 1.42 bits per heavy atom. The van der Waals surface area contributed by atoms with Crippen molar-refractivity contribution in [1.82, 2.24) is 65.4 Å². The van der Waals surface area contributed by atoms with Gasteiger partial charge in [0.1, 0.15) is 29.4 Å². The van der Waals surface area contributed by atoms with Gasteiger partial charge in [-0.3, -0.25) is 43.4 Å². The molecule has 2 aromatic carbocycles. The number of nitrogens with one attached hydrogen (secondary N) is 8. The first-order chi connectivity index (χ1) is 39.5. The highest BCUT2D eigenvalue weighted by Crippen LogP contribution is 2.26. The second kappa shape index (κ2) is 32.7. The number of imidazole rings is 1. The zero-order chi connectivity index (χ0) is 60.8. The topological polar surface area (TPSA) is 354 Å². The summed E-state index contributed by atoms with van der Waals surface area (Å²) in [6.45, 7) is 15.0. The van der Waals surface area contributed by atoms with Crippen molar-refractivity contribution in [3.05, 3.63) is 81.4 Å². The van der Waals surface area contributed by atoms with Gasteiger partial charge in [-0.25, -0.2) is 13.4 Å². The molecule has 0 radical (unpaired) electrons. The number of β-amino-alcohol motifs (C(OH)–C–C–N with tert-alkyl or cyclic N) is 2. The van der Waals surface area contributed by atoms with Gasteiger partial charge in [-0.15, -0.1) is 0 Å². The Labute approximate surface area is 484 Å². The molecule has 3 heterocycles. The highest BCUT2D eigenvalue weighted by molar-refractivity contribution is 7.89. The number of aromatic amines is 1. The Balaban J connectivity index is 1.02. The Hall–Kier alpha value is -7.05. The number of sulfonamides is 1. The average Bonchev–Trinajstić information content (AvgIpc) is 3.51. The fourth-order valence-corrected chi connectivity index (χ4v) is 11.1. The van der Waals surface area contributed by atoms with E-state index in [0.29, 0.717) is 56.5 Å². The number of carbonyl (C=O) groups is 6. The van der Waals surface area contributed by atoms with Gasteiger partial charge in [0.05, 0.1) is 23.6 Å². The van der Waals surface area contributed by atoms with E-state index in [1.165, 1.54) is 32.2 Å². The molecule has 1 fully saturated rings. The van der Waals surface area contributed by atoms with Crippen molar-refractivity contribution in [3.63, 3.8) is 0 Å². The van der Waals surface area contributed by atoms with E-state index in [1.54, 1.807) is 56.1 Å². The third-order valence-electron chi connectivity index (χ3n) is 14.2. The number of H-pyrrole nitrogens is 1. The van der Waals surface area contributed by atoms with E-state index in [2.05, 4.69) is 63.3 Å². The van der Waals surface area contributed by atoms with Crippen LogP contribution in [0.5, 0.6) is 5.75 Å². The summed E-state index contributed by atoms with van der Waals surface area (Å²) < 4.78 is 36.9. The molecule has 458 valence electrons. The molecular formula is C55H84N14O13S. The van der Waals surface area contributed by atoms with Crippen LogP contribution >= 0.6 is 0 Å². The van der Waals surface area contributed by atoms with Crippen LogP contribution in [0.3, 0.4) is 0 Å². The molecule has 11 N–H and O–H groups in total. The number of pyridine rings is 1. The number of ether oxygens (including phenoxy) is 1. The zero-order valence-electron chi connectivity index (χ0n) is 48.6. The molecule has 2 aromatic heterocycles. The van der Waals surface area contributed by atoms with Gasteiger partial charge >= 0.3 is 5.97 Å². The number of hydrogen-bond donors (Lipinski definition) is 11. The number of rotatable bonds is 29. The van der Waals surface area contributed by atoms with Gasteiger partial charge in [0.15, 0.2) is 12.2 Å². The molecule has 5 rings (SSSR count). The Morgan fingerprint density at radius 1 is 0.783 bits per heavy atom. The lowest BCUT2D eigenvalue weighted by Gasteiger charge is -2.33. The van der Waals surface area contributed by atoms with Crippen LogP contribution in [0, 0.1) is 13.8 Å². The van der Waals surface area contributed by atoms with Crippen molar-refractivity contribution in [2.75, 3.05) is 111 Å². The third kappa shape index (κ3) is 21.0. The third-order valence-corrected chi connectivity index (χ3v) is 16.0. The quantitative estimate of drug-likeness (QED) is 0.0230. The second-order valence-electron chi connectivity index (χ2n) is 20.6. The summed E-state index contributed by atoms with van der Waals surface area (Å²) in [5, 5.41) is 46.2. The minimum Gasteiger partial charge on any atom is -0.494 e. The summed E-state index contributed by atoms with van der Waals surface area (Å²) in [6, 6.07) is 4.42.